The number of hydrogen-bond acceptors (Lipinski definition) is 5. The van der Waals surface area contributed by atoms with Crippen molar-refractivity contribution in [3.63, 3.8) is 0 Å². The van der Waals surface area contributed by atoms with Crippen molar-refractivity contribution >= 4 is 23.8 Å². The predicted octanol–water partition coefficient (Wildman–Crippen LogP) is 4.42. The standard InChI is InChI=1S/C23H19NO6/c1-29-21-11-15(13-24-19-7-3-6-18(12-19)23(27)28)8-9-20(21)30-14-16-4-2-5-17(10-16)22(25)26/h2-13H,14H2,1H3,(H,25,26)(H,27,28). The largest absolute Gasteiger partial charge is 0.493 e. The second-order valence-corrected chi connectivity index (χ2v) is 6.32. The number of benzene rings is 3. The first-order chi connectivity index (χ1) is 14.5. The van der Waals surface area contributed by atoms with Gasteiger partial charge in [-0.05, 0) is 59.7 Å². The van der Waals surface area contributed by atoms with Gasteiger partial charge in [0.1, 0.15) is 6.61 Å². The van der Waals surface area contributed by atoms with Gasteiger partial charge in [-0.15, -0.1) is 0 Å². The first kappa shape index (κ1) is 20.6. The summed E-state index contributed by atoms with van der Waals surface area (Å²) in [5.74, 6) is -1.01. The molecule has 0 saturated heterocycles. The summed E-state index contributed by atoms with van der Waals surface area (Å²) in [5, 5.41) is 18.1. The molecule has 3 aromatic rings. The third kappa shape index (κ3) is 5.23. The Kier molecular flexibility index (Phi) is 6.44. The van der Waals surface area contributed by atoms with Crippen LogP contribution in [-0.2, 0) is 6.61 Å². The molecule has 0 aliphatic heterocycles. The average molecular weight is 405 g/mol. The lowest BCUT2D eigenvalue weighted by Gasteiger charge is -2.11. The van der Waals surface area contributed by atoms with Crippen molar-refractivity contribution < 1.29 is 29.3 Å². The number of ether oxygens (including phenoxy) is 2. The normalized spacial score (nSPS) is 10.7. The van der Waals surface area contributed by atoms with Crippen LogP contribution in [0.5, 0.6) is 11.5 Å². The topological polar surface area (TPSA) is 105 Å². The number of carboxylic acids is 2. The molecule has 2 N–H and O–H groups in total. The van der Waals surface area contributed by atoms with Crippen LogP contribution < -0.4 is 9.47 Å². The van der Waals surface area contributed by atoms with Crippen LogP contribution in [0.2, 0.25) is 0 Å². The average Bonchev–Trinajstić information content (AvgIpc) is 2.76. The Morgan fingerprint density at radius 1 is 0.900 bits per heavy atom. The van der Waals surface area contributed by atoms with Crippen molar-refractivity contribution in [3.05, 3.63) is 89.0 Å². The maximum Gasteiger partial charge on any atom is 0.335 e. The summed E-state index contributed by atoms with van der Waals surface area (Å²) in [4.78, 5) is 26.4. The molecule has 0 unspecified atom stereocenters. The van der Waals surface area contributed by atoms with Gasteiger partial charge in [0.15, 0.2) is 11.5 Å². The number of nitrogens with zero attached hydrogens (tertiary/aromatic N) is 1. The van der Waals surface area contributed by atoms with Gasteiger partial charge in [0.2, 0.25) is 0 Å². The molecule has 152 valence electrons. The number of rotatable bonds is 8. The Morgan fingerprint density at radius 2 is 1.60 bits per heavy atom. The van der Waals surface area contributed by atoms with Crippen LogP contribution in [0.15, 0.2) is 71.7 Å². The second-order valence-electron chi connectivity index (χ2n) is 6.32. The van der Waals surface area contributed by atoms with Gasteiger partial charge in [0, 0.05) is 6.21 Å². The summed E-state index contributed by atoms with van der Waals surface area (Å²) in [5.41, 5.74) is 2.35. The second kappa shape index (κ2) is 9.38. The van der Waals surface area contributed by atoms with Gasteiger partial charge >= 0.3 is 11.9 Å². The zero-order chi connectivity index (χ0) is 21.5. The van der Waals surface area contributed by atoms with E-state index in [2.05, 4.69) is 4.99 Å². The molecule has 7 heteroatoms. The zero-order valence-electron chi connectivity index (χ0n) is 16.1. The van der Waals surface area contributed by atoms with E-state index in [1.54, 1.807) is 54.7 Å². The van der Waals surface area contributed by atoms with Gasteiger partial charge < -0.3 is 19.7 Å². The van der Waals surface area contributed by atoms with Crippen molar-refractivity contribution in [2.24, 2.45) is 4.99 Å². The molecule has 0 bridgehead atoms. The number of hydrogen-bond donors (Lipinski definition) is 2. The van der Waals surface area contributed by atoms with Gasteiger partial charge in [-0.1, -0.05) is 18.2 Å². The van der Waals surface area contributed by atoms with Gasteiger partial charge in [-0.3, -0.25) is 4.99 Å². The zero-order valence-corrected chi connectivity index (χ0v) is 16.1. The lowest BCUT2D eigenvalue weighted by Crippen LogP contribution is -2.01. The highest BCUT2D eigenvalue weighted by Crippen LogP contribution is 2.28. The number of aliphatic imine (C=N–C) groups is 1. The summed E-state index contributed by atoms with van der Waals surface area (Å²) in [6.07, 6.45) is 1.60. The first-order valence-electron chi connectivity index (χ1n) is 8.97. The fourth-order valence-corrected chi connectivity index (χ4v) is 2.71. The Morgan fingerprint density at radius 3 is 2.30 bits per heavy atom. The van der Waals surface area contributed by atoms with Crippen molar-refractivity contribution in [2.75, 3.05) is 7.11 Å². The summed E-state index contributed by atoms with van der Waals surface area (Å²) < 4.78 is 11.2. The maximum atomic E-state index is 11.1. The van der Waals surface area contributed by atoms with E-state index in [0.717, 1.165) is 11.1 Å². The predicted molar refractivity (Wildman–Crippen MR) is 111 cm³/mol. The molecule has 0 atom stereocenters. The molecular weight excluding hydrogens is 386 g/mol. The molecule has 30 heavy (non-hydrogen) atoms. The summed E-state index contributed by atoms with van der Waals surface area (Å²) in [6.45, 7) is 0.187. The molecular formula is C23H19NO6. The minimum absolute atomic E-state index is 0.165. The quantitative estimate of drug-likeness (QED) is 0.538. The number of methoxy groups -OCH3 is 1. The maximum absolute atomic E-state index is 11.1. The van der Waals surface area contributed by atoms with E-state index in [0.29, 0.717) is 17.2 Å². The fourth-order valence-electron chi connectivity index (χ4n) is 2.71. The van der Waals surface area contributed by atoms with Gasteiger partial charge in [-0.25, -0.2) is 9.59 Å². The molecule has 3 aromatic carbocycles. The minimum Gasteiger partial charge on any atom is -0.493 e. The molecule has 0 heterocycles. The Hall–Kier alpha value is -4.13. The molecule has 3 rings (SSSR count). The van der Waals surface area contributed by atoms with E-state index in [4.69, 9.17) is 19.7 Å². The van der Waals surface area contributed by atoms with Gasteiger partial charge in [0.05, 0.1) is 23.9 Å². The molecule has 0 radical (unpaired) electrons. The summed E-state index contributed by atoms with van der Waals surface area (Å²) in [7, 11) is 1.52. The highest BCUT2D eigenvalue weighted by Gasteiger charge is 2.08. The Balaban J connectivity index is 1.73. The van der Waals surface area contributed by atoms with E-state index in [1.807, 2.05) is 0 Å². The molecule has 0 fully saturated rings. The van der Waals surface area contributed by atoms with Gasteiger partial charge in [0.25, 0.3) is 0 Å². The minimum atomic E-state index is -1.01. The smallest absolute Gasteiger partial charge is 0.335 e. The van der Waals surface area contributed by atoms with Crippen LogP contribution in [0.3, 0.4) is 0 Å². The van der Waals surface area contributed by atoms with E-state index >= 15 is 0 Å². The lowest BCUT2D eigenvalue weighted by molar-refractivity contribution is 0.0686. The number of carboxylic acid groups (broad SMARTS) is 2. The molecule has 0 aliphatic rings. The summed E-state index contributed by atoms with van der Waals surface area (Å²) >= 11 is 0. The van der Waals surface area contributed by atoms with Crippen LogP contribution in [0, 0.1) is 0 Å². The van der Waals surface area contributed by atoms with E-state index < -0.39 is 11.9 Å². The monoisotopic (exact) mass is 405 g/mol. The van der Waals surface area contributed by atoms with Crippen LogP contribution >= 0.6 is 0 Å². The van der Waals surface area contributed by atoms with Crippen LogP contribution in [0.1, 0.15) is 31.8 Å². The van der Waals surface area contributed by atoms with Crippen LogP contribution in [0.4, 0.5) is 5.69 Å². The molecule has 7 nitrogen and oxygen atoms in total. The van der Waals surface area contributed by atoms with E-state index in [1.165, 1.54) is 25.3 Å². The number of carbonyl (C=O) groups is 2. The first-order valence-corrected chi connectivity index (χ1v) is 8.97. The van der Waals surface area contributed by atoms with Crippen LogP contribution in [0.25, 0.3) is 0 Å². The van der Waals surface area contributed by atoms with Crippen molar-refractivity contribution in [1.29, 1.82) is 0 Å². The molecule has 0 saturated carbocycles. The third-order valence-corrected chi connectivity index (χ3v) is 4.21. The van der Waals surface area contributed by atoms with E-state index in [-0.39, 0.29) is 17.7 Å². The molecule has 0 amide bonds. The Labute approximate surface area is 172 Å². The van der Waals surface area contributed by atoms with Crippen molar-refractivity contribution in [1.82, 2.24) is 0 Å². The SMILES string of the molecule is COc1cc(C=Nc2cccc(C(=O)O)c2)ccc1OCc1cccc(C(=O)O)c1. The highest BCUT2D eigenvalue weighted by molar-refractivity contribution is 5.89. The number of aromatic carboxylic acids is 2. The fraction of sp³-hybridized carbons (Fsp3) is 0.0870. The third-order valence-electron chi connectivity index (χ3n) is 4.21. The summed E-state index contributed by atoms with van der Waals surface area (Å²) in [6, 6.07) is 18.1. The molecule has 0 aliphatic carbocycles. The van der Waals surface area contributed by atoms with Crippen molar-refractivity contribution in [3.8, 4) is 11.5 Å². The lowest BCUT2D eigenvalue weighted by atomic mass is 10.1. The molecule has 0 aromatic heterocycles. The Bertz CT molecular complexity index is 1110. The van der Waals surface area contributed by atoms with Crippen molar-refractivity contribution in [2.45, 2.75) is 6.61 Å². The van der Waals surface area contributed by atoms with E-state index in [9.17, 15) is 9.59 Å². The van der Waals surface area contributed by atoms with Crippen LogP contribution in [-0.4, -0.2) is 35.5 Å². The highest BCUT2D eigenvalue weighted by atomic mass is 16.5. The molecule has 0 spiro atoms. The van der Waals surface area contributed by atoms with Gasteiger partial charge in [-0.2, -0.15) is 0 Å².